The fraction of sp³-hybridized carbons (Fsp3) is 0.360. The standard InChI is InChI=1S/C25H29N3O3/c1-18-11-15-28(16-12-18)14-4-13-26-24(29)20-9-7-19(8-10-20)17-23-25(30)27-21-5-2-3-6-22(21)31-23/h2-3,5-10,17-18H,4,11-16H2,1H3,(H,26,29)(H,27,30)/p+1. The lowest BCUT2D eigenvalue weighted by Gasteiger charge is -2.27. The Morgan fingerprint density at radius 1 is 1.16 bits per heavy atom. The normalized spacial score (nSPS) is 21.7. The van der Waals surface area contributed by atoms with Gasteiger partial charge in [-0.1, -0.05) is 31.2 Å². The topological polar surface area (TPSA) is 71.9 Å². The van der Waals surface area contributed by atoms with Gasteiger partial charge in [-0.05, 0) is 54.7 Å². The first kappa shape index (κ1) is 21.1. The molecular formula is C25H30N3O3+. The zero-order chi connectivity index (χ0) is 21.6. The largest absolute Gasteiger partial charge is 0.449 e. The van der Waals surface area contributed by atoms with Gasteiger partial charge in [0.2, 0.25) is 0 Å². The number of amides is 2. The highest BCUT2D eigenvalue weighted by Crippen LogP contribution is 2.30. The van der Waals surface area contributed by atoms with Gasteiger partial charge in [0.05, 0.1) is 25.3 Å². The van der Waals surface area contributed by atoms with Crippen LogP contribution in [-0.2, 0) is 4.79 Å². The highest BCUT2D eigenvalue weighted by molar-refractivity contribution is 6.08. The predicted octanol–water partition coefficient (Wildman–Crippen LogP) is 2.49. The van der Waals surface area contributed by atoms with E-state index in [2.05, 4.69) is 17.6 Å². The molecule has 2 aromatic rings. The van der Waals surface area contributed by atoms with E-state index in [0.29, 0.717) is 23.5 Å². The molecule has 2 aromatic carbocycles. The molecule has 2 amide bonds. The summed E-state index contributed by atoms with van der Waals surface area (Å²) in [6.07, 6.45) is 5.29. The summed E-state index contributed by atoms with van der Waals surface area (Å²) in [6.45, 7) is 6.63. The number of ether oxygens (including phenoxy) is 1. The van der Waals surface area contributed by atoms with Gasteiger partial charge in [0.25, 0.3) is 11.8 Å². The van der Waals surface area contributed by atoms with Crippen molar-refractivity contribution in [2.24, 2.45) is 5.92 Å². The lowest BCUT2D eigenvalue weighted by Crippen LogP contribution is -3.13. The maximum Gasteiger partial charge on any atom is 0.291 e. The molecule has 2 heterocycles. The van der Waals surface area contributed by atoms with Crippen LogP contribution in [0.4, 0.5) is 5.69 Å². The van der Waals surface area contributed by atoms with Crippen molar-refractivity contribution in [1.82, 2.24) is 5.32 Å². The number of hydrogen-bond acceptors (Lipinski definition) is 3. The summed E-state index contributed by atoms with van der Waals surface area (Å²) >= 11 is 0. The van der Waals surface area contributed by atoms with E-state index in [-0.39, 0.29) is 17.6 Å². The number of quaternary nitrogens is 1. The van der Waals surface area contributed by atoms with Gasteiger partial charge in [0.1, 0.15) is 0 Å². The van der Waals surface area contributed by atoms with Crippen LogP contribution in [0.5, 0.6) is 5.75 Å². The molecule has 6 nitrogen and oxygen atoms in total. The van der Waals surface area contributed by atoms with Gasteiger partial charge in [0, 0.05) is 18.5 Å². The van der Waals surface area contributed by atoms with E-state index in [1.54, 1.807) is 29.2 Å². The Hall–Kier alpha value is -3.12. The van der Waals surface area contributed by atoms with E-state index >= 15 is 0 Å². The van der Waals surface area contributed by atoms with Crippen molar-refractivity contribution >= 4 is 23.6 Å². The maximum absolute atomic E-state index is 12.4. The van der Waals surface area contributed by atoms with Gasteiger partial charge in [-0.3, -0.25) is 9.59 Å². The van der Waals surface area contributed by atoms with Crippen LogP contribution in [0.15, 0.2) is 54.3 Å². The summed E-state index contributed by atoms with van der Waals surface area (Å²) in [5, 5.41) is 5.83. The Balaban J connectivity index is 1.27. The lowest BCUT2D eigenvalue weighted by atomic mass is 9.99. The van der Waals surface area contributed by atoms with Gasteiger partial charge in [-0.2, -0.15) is 0 Å². The summed E-state index contributed by atoms with van der Waals surface area (Å²) < 4.78 is 5.71. The molecule has 3 N–H and O–H groups in total. The van der Waals surface area contributed by atoms with Crippen molar-refractivity contribution in [2.45, 2.75) is 26.2 Å². The van der Waals surface area contributed by atoms with Crippen LogP contribution in [-0.4, -0.2) is 38.0 Å². The van der Waals surface area contributed by atoms with E-state index in [1.165, 1.54) is 25.9 Å². The van der Waals surface area contributed by atoms with Crippen LogP contribution in [0.25, 0.3) is 6.08 Å². The Morgan fingerprint density at radius 2 is 1.90 bits per heavy atom. The third kappa shape index (κ3) is 5.52. The molecule has 2 aliphatic rings. The molecule has 6 heteroatoms. The third-order valence-electron chi connectivity index (χ3n) is 6.02. The monoisotopic (exact) mass is 420 g/mol. The number of piperidine rings is 1. The second-order valence-electron chi connectivity index (χ2n) is 8.47. The Labute approximate surface area is 183 Å². The van der Waals surface area contributed by atoms with Gasteiger partial charge in [0.15, 0.2) is 11.5 Å². The minimum absolute atomic E-state index is 0.0675. The fourth-order valence-electron chi connectivity index (χ4n) is 4.05. The molecule has 0 saturated carbocycles. The smallest absolute Gasteiger partial charge is 0.291 e. The maximum atomic E-state index is 12.4. The van der Waals surface area contributed by atoms with Crippen molar-refractivity contribution < 1.29 is 19.2 Å². The van der Waals surface area contributed by atoms with E-state index in [1.807, 2.05) is 30.3 Å². The number of carbonyl (C=O) groups is 2. The molecule has 162 valence electrons. The molecule has 0 aromatic heterocycles. The number of likely N-dealkylation sites (tertiary alicyclic amines) is 1. The predicted molar refractivity (Wildman–Crippen MR) is 121 cm³/mol. The molecule has 0 radical (unpaired) electrons. The van der Waals surface area contributed by atoms with Gasteiger partial charge in [-0.15, -0.1) is 0 Å². The molecule has 1 saturated heterocycles. The number of carbonyl (C=O) groups excluding carboxylic acids is 2. The summed E-state index contributed by atoms with van der Waals surface area (Å²) in [4.78, 5) is 26.3. The number of rotatable bonds is 6. The van der Waals surface area contributed by atoms with Crippen molar-refractivity contribution in [2.75, 3.05) is 31.5 Å². The first-order valence-electron chi connectivity index (χ1n) is 11.1. The van der Waals surface area contributed by atoms with Crippen molar-refractivity contribution in [3.05, 3.63) is 65.4 Å². The number of para-hydroxylation sites is 2. The summed E-state index contributed by atoms with van der Waals surface area (Å²) in [6, 6.07) is 14.5. The number of anilines is 1. The molecule has 0 aliphatic carbocycles. The zero-order valence-electron chi connectivity index (χ0n) is 17.9. The summed E-state index contributed by atoms with van der Waals surface area (Å²) in [5.74, 6) is 1.35. The van der Waals surface area contributed by atoms with Crippen LogP contribution in [0.2, 0.25) is 0 Å². The van der Waals surface area contributed by atoms with E-state index < -0.39 is 0 Å². The summed E-state index contributed by atoms with van der Waals surface area (Å²) in [5.41, 5.74) is 2.07. The van der Waals surface area contributed by atoms with Gasteiger partial charge in [-0.25, -0.2) is 0 Å². The van der Waals surface area contributed by atoms with Crippen molar-refractivity contribution in [1.29, 1.82) is 0 Å². The molecule has 0 atom stereocenters. The van der Waals surface area contributed by atoms with Gasteiger partial charge < -0.3 is 20.3 Å². The van der Waals surface area contributed by atoms with E-state index in [0.717, 1.165) is 24.4 Å². The fourth-order valence-corrected chi connectivity index (χ4v) is 4.05. The van der Waals surface area contributed by atoms with Crippen LogP contribution in [0.1, 0.15) is 42.1 Å². The first-order valence-corrected chi connectivity index (χ1v) is 11.1. The highest BCUT2D eigenvalue weighted by atomic mass is 16.5. The van der Waals surface area contributed by atoms with Crippen LogP contribution in [0.3, 0.4) is 0 Å². The molecule has 2 aliphatic heterocycles. The van der Waals surface area contributed by atoms with Crippen LogP contribution >= 0.6 is 0 Å². The average Bonchev–Trinajstić information content (AvgIpc) is 2.79. The second kappa shape index (κ2) is 9.79. The SMILES string of the molecule is CC1CC[NH+](CCCNC(=O)c2ccc(C=C3Oc4ccccc4NC3=O)cc2)CC1. The minimum atomic E-state index is -0.286. The first-order chi connectivity index (χ1) is 15.1. The van der Waals surface area contributed by atoms with E-state index in [4.69, 9.17) is 4.74 Å². The number of fused-ring (bicyclic) bond motifs is 1. The van der Waals surface area contributed by atoms with Crippen LogP contribution < -0.4 is 20.3 Å². The molecule has 0 bridgehead atoms. The zero-order valence-corrected chi connectivity index (χ0v) is 17.9. The molecule has 0 unspecified atom stereocenters. The van der Waals surface area contributed by atoms with Crippen molar-refractivity contribution in [3.63, 3.8) is 0 Å². The quantitative estimate of drug-likeness (QED) is 0.497. The molecule has 4 rings (SSSR count). The number of benzene rings is 2. The Bertz CT molecular complexity index is 960. The third-order valence-corrected chi connectivity index (χ3v) is 6.02. The molecular weight excluding hydrogens is 390 g/mol. The number of nitrogens with one attached hydrogen (secondary N) is 3. The second-order valence-corrected chi connectivity index (χ2v) is 8.47. The van der Waals surface area contributed by atoms with Gasteiger partial charge >= 0.3 is 0 Å². The van der Waals surface area contributed by atoms with Crippen molar-refractivity contribution in [3.8, 4) is 5.75 Å². The lowest BCUT2D eigenvalue weighted by molar-refractivity contribution is -0.906. The average molecular weight is 421 g/mol. The van der Waals surface area contributed by atoms with E-state index in [9.17, 15) is 9.59 Å². The summed E-state index contributed by atoms with van der Waals surface area (Å²) in [7, 11) is 0. The highest BCUT2D eigenvalue weighted by Gasteiger charge is 2.21. The molecule has 1 fully saturated rings. The number of hydrogen-bond donors (Lipinski definition) is 3. The molecule has 31 heavy (non-hydrogen) atoms. The Morgan fingerprint density at radius 3 is 2.68 bits per heavy atom. The van der Waals surface area contributed by atoms with Crippen LogP contribution in [0, 0.1) is 5.92 Å². The molecule has 0 spiro atoms. The minimum Gasteiger partial charge on any atom is -0.449 e. The Kier molecular flexibility index (Phi) is 6.67.